The fraction of sp³-hybridized carbons (Fsp3) is 0.100. The third-order valence-electron chi connectivity index (χ3n) is 1.85. The van der Waals surface area contributed by atoms with Gasteiger partial charge in [0.25, 0.3) is 5.91 Å². The summed E-state index contributed by atoms with van der Waals surface area (Å²) in [7, 11) is 0. The topological polar surface area (TPSA) is 101 Å². The molecular formula is C10H11N3O3. The zero-order valence-corrected chi connectivity index (χ0v) is 8.61. The van der Waals surface area contributed by atoms with Gasteiger partial charge in [-0.25, -0.2) is 0 Å². The van der Waals surface area contributed by atoms with Crippen LogP contribution in [0.4, 0.5) is 11.4 Å². The van der Waals surface area contributed by atoms with Crippen LogP contribution in [-0.2, 0) is 9.59 Å². The van der Waals surface area contributed by atoms with E-state index in [0.29, 0.717) is 12.1 Å². The van der Waals surface area contributed by atoms with Crippen molar-refractivity contribution in [2.45, 2.75) is 6.92 Å². The fourth-order valence-electron chi connectivity index (χ4n) is 1.25. The molecular weight excluding hydrogens is 210 g/mol. The molecule has 1 aromatic carbocycles. The third kappa shape index (κ3) is 2.57. The summed E-state index contributed by atoms with van der Waals surface area (Å²) in [5.41, 5.74) is 5.81. The SMILES string of the molecule is CC(=O)Nc1c(NC=O)cccc1C(N)=O. The summed E-state index contributed by atoms with van der Waals surface area (Å²) in [5.74, 6) is -1.04. The molecule has 0 atom stereocenters. The van der Waals surface area contributed by atoms with Gasteiger partial charge in [0, 0.05) is 6.92 Å². The molecule has 6 heteroatoms. The van der Waals surface area contributed by atoms with E-state index in [1.165, 1.54) is 13.0 Å². The van der Waals surface area contributed by atoms with Gasteiger partial charge in [0.15, 0.2) is 0 Å². The lowest BCUT2D eigenvalue weighted by atomic mass is 10.1. The molecule has 0 aliphatic carbocycles. The highest BCUT2D eigenvalue weighted by Gasteiger charge is 2.13. The number of primary amides is 1. The van der Waals surface area contributed by atoms with E-state index < -0.39 is 5.91 Å². The Morgan fingerprint density at radius 2 is 2.06 bits per heavy atom. The molecule has 16 heavy (non-hydrogen) atoms. The van der Waals surface area contributed by atoms with Crippen molar-refractivity contribution >= 4 is 29.6 Å². The van der Waals surface area contributed by atoms with Crippen molar-refractivity contribution < 1.29 is 14.4 Å². The van der Waals surface area contributed by atoms with Crippen LogP contribution < -0.4 is 16.4 Å². The van der Waals surface area contributed by atoms with Crippen molar-refractivity contribution in [3.05, 3.63) is 23.8 Å². The first-order valence-corrected chi connectivity index (χ1v) is 4.47. The molecule has 0 radical (unpaired) electrons. The van der Waals surface area contributed by atoms with E-state index in [1.54, 1.807) is 12.1 Å². The number of amides is 3. The number of hydrogen-bond acceptors (Lipinski definition) is 3. The standard InChI is InChI=1S/C10H11N3O3/c1-6(15)13-9-7(10(11)16)3-2-4-8(9)12-5-14/h2-5H,1H3,(H2,11,16)(H,12,14)(H,13,15). The number of carbonyl (C=O) groups excluding carboxylic acids is 3. The van der Waals surface area contributed by atoms with Gasteiger partial charge in [0.2, 0.25) is 12.3 Å². The number of hydrogen-bond donors (Lipinski definition) is 3. The fourth-order valence-corrected chi connectivity index (χ4v) is 1.25. The molecule has 0 saturated heterocycles. The Balaban J connectivity index is 3.27. The van der Waals surface area contributed by atoms with Gasteiger partial charge in [-0.2, -0.15) is 0 Å². The first-order chi connectivity index (χ1) is 7.56. The molecule has 0 saturated carbocycles. The van der Waals surface area contributed by atoms with E-state index in [-0.39, 0.29) is 17.2 Å². The highest BCUT2D eigenvalue weighted by molar-refractivity contribution is 6.06. The Bertz CT molecular complexity index is 443. The number of anilines is 2. The van der Waals surface area contributed by atoms with Crippen LogP contribution in [0.1, 0.15) is 17.3 Å². The van der Waals surface area contributed by atoms with Gasteiger partial charge >= 0.3 is 0 Å². The molecule has 0 spiro atoms. The van der Waals surface area contributed by atoms with Crippen molar-refractivity contribution in [2.75, 3.05) is 10.6 Å². The van der Waals surface area contributed by atoms with Gasteiger partial charge < -0.3 is 16.4 Å². The lowest BCUT2D eigenvalue weighted by molar-refractivity contribution is -0.114. The highest BCUT2D eigenvalue weighted by atomic mass is 16.2. The van der Waals surface area contributed by atoms with E-state index in [1.807, 2.05) is 0 Å². The minimum absolute atomic E-state index is 0.141. The maximum absolute atomic E-state index is 11.1. The molecule has 0 unspecified atom stereocenters. The monoisotopic (exact) mass is 221 g/mol. The lowest BCUT2D eigenvalue weighted by Crippen LogP contribution is -2.17. The largest absolute Gasteiger partial charge is 0.366 e. The van der Waals surface area contributed by atoms with E-state index >= 15 is 0 Å². The number of nitrogens with two attached hydrogens (primary N) is 1. The van der Waals surface area contributed by atoms with Crippen LogP contribution in [0.3, 0.4) is 0 Å². The van der Waals surface area contributed by atoms with Gasteiger partial charge in [-0.15, -0.1) is 0 Å². The Labute approximate surface area is 91.8 Å². The molecule has 6 nitrogen and oxygen atoms in total. The van der Waals surface area contributed by atoms with E-state index in [2.05, 4.69) is 10.6 Å². The highest BCUT2D eigenvalue weighted by Crippen LogP contribution is 2.25. The number of rotatable bonds is 4. The minimum Gasteiger partial charge on any atom is -0.366 e. The summed E-state index contributed by atoms with van der Waals surface area (Å²) >= 11 is 0. The lowest BCUT2D eigenvalue weighted by Gasteiger charge is -2.11. The van der Waals surface area contributed by atoms with E-state index in [9.17, 15) is 14.4 Å². The molecule has 0 aliphatic heterocycles. The maximum Gasteiger partial charge on any atom is 0.250 e. The third-order valence-corrected chi connectivity index (χ3v) is 1.85. The second-order valence-corrected chi connectivity index (χ2v) is 3.04. The Hall–Kier alpha value is -2.37. The van der Waals surface area contributed by atoms with E-state index in [4.69, 9.17) is 5.73 Å². The first kappa shape index (κ1) is 11.7. The van der Waals surface area contributed by atoms with Crippen molar-refractivity contribution in [1.29, 1.82) is 0 Å². The van der Waals surface area contributed by atoms with Gasteiger partial charge in [-0.05, 0) is 12.1 Å². The van der Waals surface area contributed by atoms with Crippen LogP contribution in [0.5, 0.6) is 0 Å². The van der Waals surface area contributed by atoms with Crippen LogP contribution >= 0.6 is 0 Å². The molecule has 0 heterocycles. The summed E-state index contributed by atoms with van der Waals surface area (Å²) in [4.78, 5) is 32.4. The first-order valence-electron chi connectivity index (χ1n) is 4.47. The smallest absolute Gasteiger partial charge is 0.250 e. The molecule has 1 rings (SSSR count). The van der Waals surface area contributed by atoms with E-state index in [0.717, 1.165) is 0 Å². The maximum atomic E-state index is 11.1. The average Bonchev–Trinajstić information content (AvgIpc) is 2.19. The molecule has 4 N–H and O–H groups in total. The zero-order valence-electron chi connectivity index (χ0n) is 8.61. The van der Waals surface area contributed by atoms with Crippen molar-refractivity contribution in [3.63, 3.8) is 0 Å². The summed E-state index contributed by atoms with van der Waals surface area (Å²) < 4.78 is 0. The number of benzene rings is 1. The minimum atomic E-state index is -0.682. The summed E-state index contributed by atoms with van der Waals surface area (Å²) in [5, 5.41) is 4.82. The van der Waals surface area contributed by atoms with Crippen molar-refractivity contribution in [3.8, 4) is 0 Å². The van der Waals surface area contributed by atoms with Gasteiger partial charge in [-0.3, -0.25) is 14.4 Å². The van der Waals surface area contributed by atoms with Crippen LogP contribution in [0.2, 0.25) is 0 Å². The molecule has 1 aromatic rings. The number of para-hydroxylation sites is 1. The van der Waals surface area contributed by atoms with Gasteiger partial charge in [-0.1, -0.05) is 6.07 Å². The zero-order chi connectivity index (χ0) is 12.1. The van der Waals surface area contributed by atoms with Gasteiger partial charge in [0.1, 0.15) is 0 Å². The second-order valence-electron chi connectivity index (χ2n) is 3.04. The summed E-state index contributed by atoms with van der Waals surface area (Å²) in [6.07, 6.45) is 0.450. The average molecular weight is 221 g/mol. The van der Waals surface area contributed by atoms with Crippen LogP contribution in [0, 0.1) is 0 Å². The molecule has 0 aromatic heterocycles. The van der Waals surface area contributed by atoms with Gasteiger partial charge in [0.05, 0.1) is 16.9 Å². The van der Waals surface area contributed by atoms with Crippen LogP contribution in [-0.4, -0.2) is 18.2 Å². The predicted octanol–water partition coefficient (Wildman–Crippen LogP) is 0.312. The molecule has 3 amide bonds. The number of nitrogens with one attached hydrogen (secondary N) is 2. The normalized spacial score (nSPS) is 9.31. The molecule has 0 aliphatic rings. The molecule has 84 valence electrons. The van der Waals surface area contributed by atoms with Crippen molar-refractivity contribution in [1.82, 2.24) is 0 Å². The van der Waals surface area contributed by atoms with Crippen LogP contribution in [0.15, 0.2) is 18.2 Å². The molecule has 0 fully saturated rings. The number of carbonyl (C=O) groups is 3. The Morgan fingerprint density at radius 3 is 2.56 bits per heavy atom. The second kappa shape index (κ2) is 4.92. The Kier molecular flexibility index (Phi) is 3.60. The summed E-state index contributed by atoms with van der Waals surface area (Å²) in [6, 6.07) is 4.56. The van der Waals surface area contributed by atoms with Crippen molar-refractivity contribution in [2.24, 2.45) is 5.73 Å². The molecule has 0 bridgehead atoms. The predicted molar refractivity (Wildman–Crippen MR) is 59.0 cm³/mol. The quantitative estimate of drug-likeness (QED) is 0.638. The Morgan fingerprint density at radius 1 is 1.38 bits per heavy atom. The van der Waals surface area contributed by atoms with Crippen LogP contribution in [0.25, 0.3) is 0 Å². The summed E-state index contributed by atoms with van der Waals surface area (Å²) in [6.45, 7) is 1.29.